The molecule has 1 aliphatic carbocycles. The van der Waals surface area contributed by atoms with Crippen LogP contribution >= 0.6 is 0 Å². The maximum Gasteiger partial charge on any atom is 0.213 e. The van der Waals surface area contributed by atoms with E-state index >= 15 is 0 Å². The van der Waals surface area contributed by atoms with Crippen LogP contribution in [0.1, 0.15) is 51.6 Å². The van der Waals surface area contributed by atoms with Gasteiger partial charge in [-0.3, -0.25) is 0 Å². The minimum atomic E-state index is 0.0297. The van der Waals surface area contributed by atoms with Gasteiger partial charge < -0.3 is 10.5 Å². The second-order valence-corrected chi connectivity index (χ2v) is 5.73. The number of pyridine rings is 1. The summed E-state index contributed by atoms with van der Waals surface area (Å²) in [5, 5.41) is 0. The van der Waals surface area contributed by atoms with E-state index in [1.807, 2.05) is 25.3 Å². The average molecular weight is 248 g/mol. The molecule has 0 amide bonds. The van der Waals surface area contributed by atoms with E-state index < -0.39 is 0 Å². The van der Waals surface area contributed by atoms with Gasteiger partial charge in [-0.15, -0.1) is 0 Å². The number of hydrogen-bond acceptors (Lipinski definition) is 3. The van der Waals surface area contributed by atoms with Gasteiger partial charge in [0.2, 0.25) is 5.88 Å². The molecule has 100 valence electrons. The summed E-state index contributed by atoms with van der Waals surface area (Å²) >= 11 is 0. The minimum absolute atomic E-state index is 0.0297. The van der Waals surface area contributed by atoms with E-state index in [9.17, 15) is 0 Å². The van der Waals surface area contributed by atoms with Crippen LogP contribution < -0.4 is 10.5 Å². The molecule has 1 heterocycles. The van der Waals surface area contributed by atoms with E-state index in [-0.39, 0.29) is 6.04 Å². The number of nitrogens with zero attached hydrogens (tertiary/aromatic N) is 1. The van der Waals surface area contributed by atoms with Gasteiger partial charge in [-0.05, 0) is 43.6 Å². The summed E-state index contributed by atoms with van der Waals surface area (Å²) < 4.78 is 5.96. The van der Waals surface area contributed by atoms with Crippen molar-refractivity contribution in [3.63, 3.8) is 0 Å². The van der Waals surface area contributed by atoms with Crippen molar-refractivity contribution < 1.29 is 4.74 Å². The molecule has 3 nitrogen and oxygen atoms in total. The van der Waals surface area contributed by atoms with Crippen molar-refractivity contribution in [3.05, 3.63) is 23.9 Å². The largest absolute Gasteiger partial charge is 0.474 e. The van der Waals surface area contributed by atoms with E-state index in [2.05, 4.69) is 18.8 Å². The number of ether oxygens (including phenoxy) is 1. The lowest BCUT2D eigenvalue weighted by Crippen LogP contribution is -2.29. The van der Waals surface area contributed by atoms with Gasteiger partial charge in [0, 0.05) is 18.3 Å². The predicted octanol–water partition coefficient (Wildman–Crippen LogP) is 3.30. The molecule has 0 aromatic carbocycles. The highest BCUT2D eigenvalue weighted by Crippen LogP contribution is 2.31. The third-order valence-corrected chi connectivity index (χ3v) is 4.12. The molecule has 0 saturated heterocycles. The maximum atomic E-state index is 5.96. The Kier molecular flexibility index (Phi) is 4.23. The van der Waals surface area contributed by atoms with E-state index in [0.717, 1.165) is 36.1 Å². The molecule has 1 saturated carbocycles. The van der Waals surface area contributed by atoms with Crippen LogP contribution in [0.15, 0.2) is 18.3 Å². The Hall–Kier alpha value is -1.09. The molecular weight excluding hydrogens is 224 g/mol. The van der Waals surface area contributed by atoms with E-state index in [1.165, 1.54) is 6.42 Å². The molecule has 4 atom stereocenters. The molecule has 18 heavy (non-hydrogen) atoms. The quantitative estimate of drug-likeness (QED) is 0.892. The molecular formula is C15H24N2O. The van der Waals surface area contributed by atoms with Crippen molar-refractivity contribution in [2.75, 3.05) is 0 Å². The Morgan fingerprint density at radius 2 is 2.06 bits per heavy atom. The lowest BCUT2D eigenvalue weighted by Gasteiger charge is -2.31. The number of hydrogen-bond donors (Lipinski definition) is 1. The van der Waals surface area contributed by atoms with Crippen molar-refractivity contribution in [3.8, 4) is 5.88 Å². The summed E-state index contributed by atoms with van der Waals surface area (Å²) in [5.74, 6) is 2.29. The zero-order valence-electron chi connectivity index (χ0n) is 11.6. The highest BCUT2D eigenvalue weighted by Gasteiger charge is 2.25. The van der Waals surface area contributed by atoms with Gasteiger partial charge in [-0.2, -0.15) is 0 Å². The molecule has 4 unspecified atom stereocenters. The first-order valence-electron chi connectivity index (χ1n) is 6.94. The summed E-state index contributed by atoms with van der Waals surface area (Å²) in [6.07, 6.45) is 5.67. The first-order chi connectivity index (χ1) is 8.56. The third kappa shape index (κ3) is 3.22. The lowest BCUT2D eigenvalue weighted by atomic mass is 9.80. The standard InChI is InChI=1S/C15H24N2O/c1-10-4-6-14(8-11(10)2)18-15-7-5-13(9-17-15)12(3)16/h5,7,9-12,14H,4,6,8,16H2,1-3H3. The van der Waals surface area contributed by atoms with Crippen molar-refractivity contribution in [1.82, 2.24) is 4.98 Å². The van der Waals surface area contributed by atoms with Crippen LogP contribution in [0.5, 0.6) is 5.88 Å². The molecule has 3 heteroatoms. The van der Waals surface area contributed by atoms with Gasteiger partial charge >= 0.3 is 0 Å². The van der Waals surface area contributed by atoms with Crippen molar-refractivity contribution in [2.24, 2.45) is 17.6 Å². The summed E-state index contributed by atoms with van der Waals surface area (Å²) in [4.78, 5) is 4.34. The summed E-state index contributed by atoms with van der Waals surface area (Å²) in [6, 6.07) is 3.96. The normalized spacial score (nSPS) is 29.9. The second-order valence-electron chi connectivity index (χ2n) is 5.73. The van der Waals surface area contributed by atoms with Crippen LogP contribution in [0.25, 0.3) is 0 Å². The van der Waals surface area contributed by atoms with Gasteiger partial charge in [0.1, 0.15) is 6.10 Å². The molecule has 1 aromatic rings. The minimum Gasteiger partial charge on any atom is -0.474 e. The Balaban J connectivity index is 1.93. The van der Waals surface area contributed by atoms with Gasteiger partial charge in [0.25, 0.3) is 0 Å². The maximum absolute atomic E-state index is 5.96. The van der Waals surface area contributed by atoms with Crippen LogP contribution in [0.2, 0.25) is 0 Å². The van der Waals surface area contributed by atoms with Crippen LogP contribution in [0, 0.1) is 11.8 Å². The first kappa shape index (κ1) is 13.3. The molecule has 0 radical (unpaired) electrons. The fourth-order valence-electron chi connectivity index (χ4n) is 2.51. The average Bonchev–Trinajstić information content (AvgIpc) is 2.34. The first-order valence-corrected chi connectivity index (χ1v) is 6.94. The zero-order valence-corrected chi connectivity index (χ0v) is 11.6. The topological polar surface area (TPSA) is 48.1 Å². The Morgan fingerprint density at radius 3 is 2.61 bits per heavy atom. The van der Waals surface area contributed by atoms with Crippen molar-refractivity contribution >= 4 is 0 Å². The number of aromatic nitrogens is 1. The molecule has 2 rings (SSSR count). The van der Waals surface area contributed by atoms with Gasteiger partial charge in [-0.25, -0.2) is 4.98 Å². The second kappa shape index (κ2) is 5.70. The smallest absolute Gasteiger partial charge is 0.213 e. The Bertz CT molecular complexity index is 375. The van der Waals surface area contributed by atoms with Crippen LogP contribution in [0.4, 0.5) is 0 Å². The molecule has 0 aliphatic heterocycles. The van der Waals surface area contributed by atoms with Crippen LogP contribution in [-0.4, -0.2) is 11.1 Å². The Labute approximate surface area is 110 Å². The summed E-state index contributed by atoms with van der Waals surface area (Å²) in [7, 11) is 0. The Morgan fingerprint density at radius 1 is 1.28 bits per heavy atom. The fraction of sp³-hybridized carbons (Fsp3) is 0.667. The molecule has 1 aliphatic rings. The van der Waals surface area contributed by atoms with Crippen LogP contribution in [-0.2, 0) is 0 Å². The molecule has 0 bridgehead atoms. The fourth-order valence-corrected chi connectivity index (χ4v) is 2.51. The van der Waals surface area contributed by atoms with E-state index in [1.54, 1.807) is 0 Å². The molecule has 2 N–H and O–H groups in total. The van der Waals surface area contributed by atoms with Crippen molar-refractivity contribution in [2.45, 2.75) is 52.2 Å². The lowest BCUT2D eigenvalue weighted by molar-refractivity contribution is 0.0964. The van der Waals surface area contributed by atoms with Gasteiger partial charge in [0.15, 0.2) is 0 Å². The number of nitrogens with two attached hydrogens (primary N) is 1. The molecule has 1 fully saturated rings. The number of rotatable bonds is 3. The highest BCUT2D eigenvalue weighted by atomic mass is 16.5. The van der Waals surface area contributed by atoms with Crippen molar-refractivity contribution in [1.29, 1.82) is 0 Å². The third-order valence-electron chi connectivity index (χ3n) is 4.12. The molecule has 0 spiro atoms. The summed E-state index contributed by atoms with van der Waals surface area (Å²) in [6.45, 7) is 6.60. The molecule has 1 aromatic heterocycles. The van der Waals surface area contributed by atoms with E-state index in [4.69, 9.17) is 10.5 Å². The predicted molar refractivity (Wildman–Crippen MR) is 73.4 cm³/mol. The van der Waals surface area contributed by atoms with Gasteiger partial charge in [-0.1, -0.05) is 19.9 Å². The SMILES string of the molecule is CC(N)c1ccc(OC2CCC(C)C(C)C2)nc1. The monoisotopic (exact) mass is 248 g/mol. The summed E-state index contributed by atoms with van der Waals surface area (Å²) in [5.41, 5.74) is 6.85. The van der Waals surface area contributed by atoms with Crippen LogP contribution in [0.3, 0.4) is 0 Å². The zero-order chi connectivity index (χ0) is 13.1. The van der Waals surface area contributed by atoms with E-state index in [0.29, 0.717) is 6.10 Å². The van der Waals surface area contributed by atoms with Gasteiger partial charge in [0.05, 0.1) is 0 Å². The highest BCUT2D eigenvalue weighted by molar-refractivity contribution is 5.20.